The topological polar surface area (TPSA) is 26.3 Å². The number of hydrogen-bond acceptors (Lipinski definition) is 2. The lowest BCUT2D eigenvalue weighted by Crippen LogP contribution is -2.34. The van der Waals surface area contributed by atoms with Crippen LogP contribution in [0.1, 0.15) is 58.8 Å². The molecule has 0 unspecified atom stereocenters. The molecule has 2 rings (SSSR count). The number of rotatable bonds is 6. The van der Waals surface area contributed by atoms with E-state index < -0.39 is 0 Å². The van der Waals surface area contributed by atoms with Gasteiger partial charge in [-0.1, -0.05) is 25.8 Å². The zero-order valence-electron chi connectivity index (χ0n) is 11.8. The van der Waals surface area contributed by atoms with Crippen molar-refractivity contribution < 1.29 is 9.53 Å². The average molecular weight is 250 g/mol. The van der Waals surface area contributed by atoms with Gasteiger partial charge in [-0.25, -0.2) is 0 Å². The Kier molecular flexibility index (Phi) is 4.14. The zero-order chi connectivity index (χ0) is 13.2. The smallest absolute Gasteiger partial charge is 0.302 e. The minimum absolute atomic E-state index is 0.126. The third-order valence-corrected chi connectivity index (χ3v) is 4.89. The Bertz CT molecular complexity index is 323. The third-order valence-electron chi connectivity index (χ3n) is 4.89. The fourth-order valence-corrected chi connectivity index (χ4v) is 3.85. The Morgan fingerprint density at radius 1 is 1.50 bits per heavy atom. The number of allylic oxidation sites excluding steroid dienone is 1. The minimum Gasteiger partial charge on any atom is -0.462 e. The molecule has 0 aromatic heterocycles. The molecule has 2 aliphatic carbocycles. The van der Waals surface area contributed by atoms with E-state index in [1.54, 1.807) is 0 Å². The van der Waals surface area contributed by atoms with Crippen molar-refractivity contribution in [2.75, 3.05) is 0 Å². The average Bonchev–Trinajstić information content (AvgIpc) is 3.00. The Balaban J connectivity index is 1.99. The van der Waals surface area contributed by atoms with Crippen LogP contribution in [0.5, 0.6) is 0 Å². The van der Waals surface area contributed by atoms with Gasteiger partial charge in [0.2, 0.25) is 0 Å². The number of esters is 1. The van der Waals surface area contributed by atoms with Crippen molar-refractivity contribution in [2.24, 2.45) is 17.3 Å². The molecular weight excluding hydrogens is 224 g/mol. The second kappa shape index (κ2) is 5.46. The van der Waals surface area contributed by atoms with Gasteiger partial charge >= 0.3 is 5.97 Å². The van der Waals surface area contributed by atoms with E-state index in [1.807, 2.05) is 6.08 Å². The SMILES string of the molecule is C=CC[C@@H]1C[C@H]2C[C@@]2(CCCC)C[C@@H]1OC(C)=O. The molecule has 0 radical (unpaired) electrons. The van der Waals surface area contributed by atoms with Crippen LogP contribution >= 0.6 is 0 Å². The molecule has 0 N–H and O–H groups in total. The standard InChI is InChI=1S/C16H26O2/c1-4-6-8-16-10-14(16)9-13(7-5-2)15(11-16)18-12(3)17/h5,13-15H,2,4,6-11H2,1,3H3/t13-,14+,15+,16+/m1/s1. The third kappa shape index (κ3) is 2.78. The van der Waals surface area contributed by atoms with Crippen LogP contribution in [0.15, 0.2) is 12.7 Å². The van der Waals surface area contributed by atoms with Gasteiger partial charge in [0.25, 0.3) is 0 Å². The summed E-state index contributed by atoms with van der Waals surface area (Å²) < 4.78 is 5.57. The highest BCUT2D eigenvalue weighted by Gasteiger charge is 2.58. The summed E-state index contributed by atoms with van der Waals surface area (Å²) in [6.45, 7) is 7.61. The van der Waals surface area contributed by atoms with Crippen LogP contribution in [0.2, 0.25) is 0 Å². The van der Waals surface area contributed by atoms with Gasteiger partial charge in [0.1, 0.15) is 6.10 Å². The van der Waals surface area contributed by atoms with Crippen LogP contribution < -0.4 is 0 Å². The van der Waals surface area contributed by atoms with E-state index in [1.165, 1.54) is 39.0 Å². The van der Waals surface area contributed by atoms with Gasteiger partial charge in [0.15, 0.2) is 0 Å². The van der Waals surface area contributed by atoms with E-state index in [2.05, 4.69) is 13.5 Å². The fourth-order valence-electron chi connectivity index (χ4n) is 3.85. The summed E-state index contributed by atoms with van der Waals surface area (Å²) in [6.07, 6.45) is 10.7. The van der Waals surface area contributed by atoms with Gasteiger partial charge in [-0.3, -0.25) is 4.79 Å². The highest BCUT2D eigenvalue weighted by atomic mass is 16.5. The van der Waals surface area contributed by atoms with Gasteiger partial charge < -0.3 is 4.74 Å². The van der Waals surface area contributed by atoms with Crippen molar-refractivity contribution in [3.05, 3.63) is 12.7 Å². The molecule has 102 valence electrons. The van der Waals surface area contributed by atoms with Crippen molar-refractivity contribution in [1.29, 1.82) is 0 Å². The number of fused-ring (bicyclic) bond motifs is 1. The molecule has 4 atom stereocenters. The summed E-state index contributed by atoms with van der Waals surface area (Å²) >= 11 is 0. The second-order valence-corrected chi connectivity index (χ2v) is 6.24. The molecule has 0 bridgehead atoms. The Morgan fingerprint density at radius 3 is 2.89 bits per heavy atom. The van der Waals surface area contributed by atoms with E-state index in [-0.39, 0.29) is 12.1 Å². The Morgan fingerprint density at radius 2 is 2.28 bits per heavy atom. The van der Waals surface area contributed by atoms with Gasteiger partial charge in [-0.15, -0.1) is 6.58 Å². The molecule has 0 aromatic rings. The molecule has 2 nitrogen and oxygen atoms in total. The van der Waals surface area contributed by atoms with Crippen LogP contribution in [0.3, 0.4) is 0 Å². The number of unbranched alkanes of at least 4 members (excludes halogenated alkanes) is 1. The summed E-state index contributed by atoms with van der Waals surface area (Å²) in [5.74, 6) is 1.27. The first kappa shape index (κ1) is 13.6. The first-order chi connectivity index (χ1) is 8.61. The molecule has 0 heterocycles. The lowest BCUT2D eigenvalue weighted by molar-refractivity contribution is -0.152. The molecule has 0 amide bonds. The summed E-state index contributed by atoms with van der Waals surface area (Å²) in [4.78, 5) is 11.3. The normalized spacial score (nSPS) is 37.8. The van der Waals surface area contributed by atoms with Gasteiger partial charge in [-0.2, -0.15) is 0 Å². The van der Waals surface area contributed by atoms with Crippen LogP contribution in [-0.4, -0.2) is 12.1 Å². The minimum atomic E-state index is -0.126. The van der Waals surface area contributed by atoms with Crippen LogP contribution in [0, 0.1) is 17.3 Å². The van der Waals surface area contributed by atoms with E-state index in [0.717, 1.165) is 18.8 Å². The fraction of sp³-hybridized carbons (Fsp3) is 0.812. The molecule has 0 saturated heterocycles. The van der Waals surface area contributed by atoms with E-state index >= 15 is 0 Å². The first-order valence-corrected chi connectivity index (χ1v) is 7.39. The molecule has 18 heavy (non-hydrogen) atoms. The summed E-state index contributed by atoms with van der Waals surface area (Å²) in [7, 11) is 0. The van der Waals surface area contributed by atoms with Crippen molar-refractivity contribution in [2.45, 2.75) is 64.9 Å². The first-order valence-electron chi connectivity index (χ1n) is 7.39. The maximum Gasteiger partial charge on any atom is 0.302 e. The molecule has 0 aliphatic heterocycles. The number of ether oxygens (including phenoxy) is 1. The highest BCUT2D eigenvalue weighted by molar-refractivity contribution is 5.66. The summed E-state index contributed by atoms with van der Waals surface area (Å²) in [6, 6.07) is 0. The molecule has 0 spiro atoms. The summed E-state index contributed by atoms with van der Waals surface area (Å²) in [5.41, 5.74) is 0.522. The van der Waals surface area contributed by atoms with E-state index in [0.29, 0.717) is 11.3 Å². The van der Waals surface area contributed by atoms with Gasteiger partial charge in [-0.05, 0) is 49.4 Å². The lowest BCUT2D eigenvalue weighted by Gasteiger charge is -2.35. The van der Waals surface area contributed by atoms with Crippen LogP contribution in [-0.2, 0) is 9.53 Å². The maximum atomic E-state index is 11.3. The molecular formula is C16H26O2. The zero-order valence-corrected chi connectivity index (χ0v) is 11.8. The van der Waals surface area contributed by atoms with Crippen LogP contribution in [0.4, 0.5) is 0 Å². The second-order valence-electron chi connectivity index (χ2n) is 6.24. The summed E-state index contributed by atoms with van der Waals surface area (Å²) in [5, 5.41) is 0. The molecule has 0 aromatic carbocycles. The molecule has 2 saturated carbocycles. The molecule has 2 fully saturated rings. The predicted molar refractivity (Wildman–Crippen MR) is 73.2 cm³/mol. The monoisotopic (exact) mass is 250 g/mol. The Labute approximate surface area is 111 Å². The number of carbonyl (C=O) groups excluding carboxylic acids is 1. The predicted octanol–water partition coefficient (Wildman–Crippen LogP) is 4.10. The quantitative estimate of drug-likeness (QED) is 0.524. The van der Waals surface area contributed by atoms with E-state index in [9.17, 15) is 4.79 Å². The maximum absolute atomic E-state index is 11.3. The van der Waals surface area contributed by atoms with Gasteiger partial charge in [0, 0.05) is 6.92 Å². The van der Waals surface area contributed by atoms with Crippen molar-refractivity contribution in [1.82, 2.24) is 0 Å². The van der Waals surface area contributed by atoms with Gasteiger partial charge in [0.05, 0.1) is 0 Å². The van der Waals surface area contributed by atoms with Crippen molar-refractivity contribution in [3.63, 3.8) is 0 Å². The van der Waals surface area contributed by atoms with Crippen molar-refractivity contribution in [3.8, 4) is 0 Å². The number of hydrogen-bond donors (Lipinski definition) is 0. The molecule has 2 heteroatoms. The Hall–Kier alpha value is -0.790. The van der Waals surface area contributed by atoms with Crippen LogP contribution in [0.25, 0.3) is 0 Å². The van der Waals surface area contributed by atoms with Crippen molar-refractivity contribution >= 4 is 5.97 Å². The lowest BCUT2D eigenvalue weighted by atomic mass is 9.76. The highest BCUT2D eigenvalue weighted by Crippen LogP contribution is 2.65. The van der Waals surface area contributed by atoms with E-state index in [4.69, 9.17) is 4.74 Å². The number of carbonyl (C=O) groups is 1. The largest absolute Gasteiger partial charge is 0.462 e. The molecule has 2 aliphatic rings.